The van der Waals surface area contributed by atoms with Gasteiger partial charge in [0.1, 0.15) is 19.3 Å². The number of phosphoric acid groups is 2. The molecule has 0 aliphatic rings. The van der Waals surface area contributed by atoms with Crippen molar-refractivity contribution in [2.45, 2.75) is 329 Å². The molecule has 0 heterocycles. The molecule has 0 saturated carbocycles. The van der Waals surface area contributed by atoms with Crippen molar-refractivity contribution in [2.24, 2.45) is 0 Å². The largest absolute Gasteiger partial charge is 0.472 e. The summed E-state index contributed by atoms with van der Waals surface area (Å²) in [7, 11) is -9.93. The number of hydrogen-bond acceptors (Lipinski definition) is 15. The fourth-order valence-corrected chi connectivity index (χ4v) is 11.2. The van der Waals surface area contributed by atoms with Crippen LogP contribution in [0.4, 0.5) is 0 Å². The summed E-state index contributed by atoms with van der Waals surface area (Å²) in [5.41, 5.74) is 0. The lowest BCUT2D eigenvalue weighted by Gasteiger charge is -2.21. The number of aliphatic hydroxyl groups is 1. The summed E-state index contributed by atoms with van der Waals surface area (Å²) in [5, 5.41) is 10.6. The lowest BCUT2D eigenvalue weighted by Crippen LogP contribution is -2.30. The monoisotopic (exact) mass is 1340 g/mol. The summed E-state index contributed by atoms with van der Waals surface area (Å²) in [6.45, 7) is 4.65. The van der Waals surface area contributed by atoms with E-state index in [-0.39, 0.29) is 25.7 Å². The number of esters is 4. The second-order valence-corrected chi connectivity index (χ2v) is 27.1. The molecule has 0 rings (SSSR count). The molecular weight excluding hydrogens is 1210 g/mol. The molecule has 0 aromatic heterocycles. The molecule has 5 unspecified atom stereocenters. The molecule has 0 aliphatic carbocycles. The maximum absolute atomic E-state index is 13.0. The lowest BCUT2D eigenvalue weighted by molar-refractivity contribution is -0.161. The quantitative estimate of drug-likeness (QED) is 0.0169. The molecule has 17 nitrogen and oxygen atoms in total. The summed E-state index contributed by atoms with van der Waals surface area (Å²) < 4.78 is 68.2. The van der Waals surface area contributed by atoms with Crippen molar-refractivity contribution in [3.63, 3.8) is 0 Å². The van der Waals surface area contributed by atoms with E-state index in [0.29, 0.717) is 25.7 Å². The average molecular weight is 1340 g/mol. The number of carbonyl (C=O) groups excluding carboxylic acids is 4. The Labute approximate surface area is 558 Å². The van der Waals surface area contributed by atoms with Crippen LogP contribution in [0.15, 0.2) is 72.9 Å². The molecule has 534 valence electrons. The Balaban J connectivity index is 5.31. The highest BCUT2D eigenvalue weighted by Crippen LogP contribution is 2.45. The Morgan fingerprint density at radius 3 is 0.913 bits per heavy atom. The highest BCUT2D eigenvalue weighted by molar-refractivity contribution is 7.47. The minimum atomic E-state index is -4.97. The van der Waals surface area contributed by atoms with Crippen LogP contribution in [0, 0.1) is 0 Å². The van der Waals surface area contributed by atoms with Gasteiger partial charge in [-0.1, -0.05) is 255 Å². The number of phosphoric ester groups is 2. The van der Waals surface area contributed by atoms with Crippen LogP contribution in [0.2, 0.25) is 0 Å². The summed E-state index contributed by atoms with van der Waals surface area (Å²) >= 11 is 0. The van der Waals surface area contributed by atoms with Crippen LogP contribution in [-0.2, 0) is 65.4 Å². The van der Waals surface area contributed by atoms with Crippen LogP contribution in [-0.4, -0.2) is 96.7 Å². The molecule has 92 heavy (non-hydrogen) atoms. The number of hydrogen-bond donors (Lipinski definition) is 3. The second-order valence-electron chi connectivity index (χ2n) is 24.2. The van der Waals surface area contributed by atoms with Gasteiger partial charge in [-0.15, -0.1) is 0 Å². The molecule has 19 heteroatoms. The molecule has 0 saturated heterocycles. The van der Waals surface area contributed by atoms with E-state index < -0.39 is 97.5 Å². The third-order valence-corrected chi connectivity index (χ3v) is 17.1. The topological polar surface area (TPSA) is 237 Å². The van der Waals surface area contributed by atoms with Gasteiger partial charge in [0.25, 0.3) is 0 Å². The van der Waals surface area contributed by atoms with Gasteiger partial charge in [-0.25, -0.2) is 9.13 Å². The molecule has 0 amide bonds. The molecule has 0 aromatic rings. The maximum atomic E-state index is 13.0. The number of allylic oxidation sites excluding steroid dienone is 12. The minimum Gasteiger partial charge on any atom is -0.462 e. The zero-order valence-corrected chi connectivity index (χ0v) is 59.8. The molecule has 0 aliphatic heterocycles. The first-order valence-electron chi connectivity index (χ1n) is 36.2. The van der Waals surface area contributed by atoms with Crippen LogP contribution in [0.1, 0.15) is 310 Å². The van der Waals surface area contributed by atoms with Gasteiger partial charge in [0.15, 0.2) is 12.2 Å². The Hall–Kier alpha value is -3.50. The summed E-state index contributed by atoms with van der Waals surface area (Å²) in [4.78, 5) is 72.5. The van der Waals surface area contributed by atoms with Gasteiger partial charge in [-0.2, -0.15) is 0 Å². The van der Waals surface area contributed by atoms with Crippen LogP contribution in [0.5, 0.6) is 0 Å². The van der Waals surface area contributed by atoms with Gasteiger partial charge in [0, 0.05) is 25.7 Å². The van der Waals surface area contributed by atoms with E-state index in [4.69, 9.17) is 37.0 Å². The van der Waals surface area contributed by atoms with E-state index in [0.717, 1.165) is 154 Å². The Kier molecular flexibility index (Phi) is 63.6. The van der Waals surface area contributed by atoms with E-state index >= 15 is 0 Å². The highest BCUT2D eigenvalue weighted by atomic mass is 31.2. The molecule has 3 N–H and O–H groups in total. The molecular formula is C73H130O17P2. The fourth-order valence-electron chi connectivity index (χ4n) is 9.58. The van der Waals surface area contributed by atoms with Gasteiger partial charge >= 0.3 is 39.5 Å². The van der Waals surface area contributed by atoms with Gasteiger partial charge in [0.2, 0.25) is 0 Å². The fraction of sp³-hybridized carbons (Fsp3) is 0.781. The normalized spacial score (nSPS) is 14.5. The first kappa shape index (κ1) is 88.5. The Morgan fingerprint density at radius 1 is 0.315 bits per heavy atom. The van der Waals surface area contributed by atoms with E-state index in [9.17, 15) is 43.2 Å². The van der Waals surface area contributed by atoms with Crippen molar-refractivity contribution >= 4 is 39.5 Å². The number of rotatable bonds is 68. The molecule has 0 bridgehead atoms. The highest BCUT2D eigenvalue weighted by Gasteiger charge is 2.30. The van der Waals surface area contributed by atoms with Crippen molar-refractivity contribution in [1.29, 1.82) is 0 Å². The standard InChI is InChI=1S/C73H130O17P2/c1-5-9-13-17-21-25-29-31-32-33-34-36-39-42-46-50-54-58-71(76)84-64-69(90-73(78)60-56-52-48-44-40-35-30-26-22-18-14-10-6-2)66-88-92(81,82)86-62-67(74)61-85-91(79,80)87-65-68(89-72(77)59-55-51-47-43-38-28-24-20-16-12-8-4)63-83-70(75)57-53-49-45-41-37-27-23-19-15-11-7-3/h9,13,19-21,23-25,31-32,34,36,67-69,74H,5-8,10-12,14-18,22,26-30,33,35,37-66H2,1-4H3,(H,79,80)(H,81,82)/b13-9-,23-19-,24-20-,25-21-,32-31-,36-34-. The van der Waals surface area contributed by atoms with E-state index in [1.807, 2.05) is 0 Å². The zero-order valence-electron chi connectivity index (χ0n) is 58.0. The lowest BCUT2D eigenvalue weighted by atomic mass is 10.0. The number of unbranched alkanes of at least 4 members (excludes halogenated alkanes) is 30. The van der Waals surface area contributed by atoms with Gasteiger partial charge in [-0.3, -0.25) is 37.3 Å². The molecule has 0 aromatic carbocycles. The number of carbonyl (C=O) groups is 4. The zero-order chi connectivity index (χ0) is 67.5. The average Bonchev–Trinajstić information content (AvgIpc) is 2.89. The molecule has 5 atom stereocenters. The summed E-state index contributed by atoms with van der Waals surface area (Å²) in [6.07, 6.45) is 63.4. The summed E-state index contributed by atoms with van der Waals surface area (Å²) in [5.74, 6) is -2.20. The first-order chi connectivity index (χ1) is 44.7. The smallest absolute Gasteiger partial charge is 0.462 e. The van der Waals surface area contributed by atoms with Crippen molar-refractivity contribution in [1.82, 2.24) is 0 Å². The summed E-state index contributed by atoms with van der Waals surface area (Å²) in [6, 6.07) is 0. The van der Waals surface area contributed by atoms with Gasteiger partial charge in [-0.05, 0) is 103 Å². The van der Waals surface area contributed by atoms with Crippen LogP contribution >= 0.6 is 15.6 Å². The maximum Gasteiger partial charge on any atom is 0.472 e. The van der Waals surface area contributed by atoms with E-state index in [2.05, 4.69) is 101 Å². The first-order valence-corrected chi connectivity index (χ1v) is 39.2. The van der Waals surface area contributed by atoms with Crippen LogP contribution in [0.25, 0.3) is 0 Å². The predicted molar refractivity (Wildman–Crippen MR) is 372 cm³/mol. The van der Waals surface area contributed by atoms with E-state index in [1.165, 1.54) is 77.0 Å². The van der Waals surface area contributed by atoms with Crippen LogP contribution < -0.4 is 0 Å². The minimum absolute atomic E-state index is 0.0852. The van der Waals surface area contributed by atoms with Gasteiger partial charge in [0.05, 0.1) is 26.4 Å². The van der Waals surface area contributed by atoms with Gasteiger partial charge < -0.3 is 33.8 Å². The molecule has 0 spiro atoms. The third-order valence-electron chi connectivity index (χ3n) is 15.2. The third kappa shape index (κ3) is 65.2. The Bertz CT molecular complexity index is 2040. The molecule has 0 radical (unpaired) electrons. The van der Waals surface area contributed by atoms with Crippen molar-refractivity contribution in [2.75, 3.05) is 39.6 Å². The Morgan fingerprint density at radius 2 is 0.576 bits per heavy atom. The second kappa shape index (κ2) is 66.1. The number of ether oxygens (including phenoxy) is 4. The molecule has 0 fully saturated rings. The SMILES string of the molecule is CC/C=C\C/C=C\C/C=C\C/C=C\CCCCCCC(=O)OCC(COP(=O)(O)OCC(O)COP(=O)(O)OCC(COC(=O)CCCCCCC/C=C\CCCC)OC(=O)CCCCCCC/C=C\CCCC)OC(=O)CCCCCCCCCCCCCCC. The van der Waals surface area contributed by atoms with Crippen molar-refractivity contribution < 1.29 is 80.2 Å². The number of aliphatic hydroxyl groups excluding tert-OH is 1. The van der Waals surface area contributed by atoms with Crippen molar-refractivity contribution in [3.05, 3.63) is 72.9 Å². The van der Waals surface area contributed by atoms with Crippen molar-refractivity contribution in [3.8, 4) is 0 Å². The predicted octanol–water partition coefficient (Wildman–Crippen LogP) is 20.1. The van der Waals surface area contributed by atoms with E-state index in [1.54, 1.807) is 0 Å². The van der Waals surface area contributed by atoms with Crippen LogP contribution in [0.3, 0.4) is 0 Å².